The van der Waals surface area contributed by atoms with Crippen molar-refractivity contribution in [2.45, 2.75) is 23.7 Å². The lowest BCUT2D eigenvalue weighted by atomic mass is 10.0. The number of halogens is 1. The summed E-state index contributed by atoms with van der Waals surface area (Å²) in [4.78, 5) is 1.64. The monoisotopic (exact) mass is 528 g/mol. The van der Waals surface area contributed by atoms with Gasteiger partial charge in [-0.15, -0.1) is 0 Å². The number of sulfonamides is 1. The summed E-state index contributed by atoms with van der Waals surface area (Å²) in [6.45, 7) is 5.50. The fourth-order valence-corrected chi connectivity index (χ4v) is 6.53. The minimum atomic E-state index is -4.06. The van der Waals surface area contributed by atoms with Crippen molar-refractivity contribution in [1.82, 2.24) is 4.90 Å². The Morgan fingerprint density at radius 2 is 1.63 bits per heavy atom. The Balaban J connectivity index is 1.82. The van der Waals surface area contributed by atoms with Crippen LogP contribution in [-0.4, -0.2) is 40.5 Å². The zero-order valence-electron chi connectivity index (χ0n) is 19.0. The summed E-state index contributed by atoms with van der Waals surface area (Å²) in [6.07, 6.45) is 1.72. The normalized spacial score (nSPS) is 18.0. The molecule has 182 valence electrons. The van der Waals surface area contributed by atoms with Crippen molar-refractivity contribution in [2.24, 2.45) is 5.14 Å². The molecule has 0 aromatic heterocycles. The fraction of sp³-hybridized carbons (Fsp3) is 0.192. The Kier molecular flexibility index (Phi) is 7.68. The fourth-order valence-electron chi connectivity index (χ4n) is 4.11. The van der Waals surface area contributed by atoms with Crippen LogP contribution in [0.3, 0.4) is 0 Å². The Bertz CT molecular complexity index is 1310. The molecule has 3 N–H and O–H groups in total. The molecule has 35 heavy (non-hydrogen) atoms. The second-order valence-electron chi connectivity index (χ2n) is 8.30. The van der Waals surface area contributed by atoms with Gasteiger partial charge in [0.15, 0.2) is 0 Å². The summed E-state index contributed by atoms with van der Waals surface area (Å²) in [5, 5.41) is 18.2. The first-order valence-electron chi connectivity index (χ1n) is 11.0. The Morgan fingerprint density at radius 3 is 2.14 bits per heavy atom. The van der Waals surface area contributed by atoms with Crippen LogP contribution in [-0.2, 0) is 28.8 Å². The molecule has 1 heterocycles. The van der Waals surface area contributed by atoms with Crippen LogP contribution in [0.25, 0.3) is 0 Å². The number of nitrogens with zero attached hydrogens (tertiary/aromatic N) is 2. The predicted molar refractivity (Wildman–Crippen MR) is 142 cm³/mol. The second kappa shape index (κ2) is 10.6. The number of primary sulfonamides is 1. The number of aliphatic hydroxyl groups is 1. The summed E-state index contributed by atoms with van der Waals surface area (Å²) < 4.78 is 26.4. The van der Waals surface area contributed by atoms with Crippen LogP contribution in [0.1, 0.15) is 16.7 Å². The number of rotatable bonds is 8. The van der Waals surface area contributed by atoms with Crippen LogP contribution in [0, 0.1) is 0 Å². The van der Waals surface area contributed by atoms with E-state index in [1.807, 2.05) is 41.3 Å². The van der Waals surface area contributed by atoms with Crippen LogP contribution in [0.4, 0.5) is 0 Å². The molecular formula is C26H27ClN3O3S2+. The molecule has 0 radical (unpaired) electrons. The molecule has 0 aliphatic carbocycles. The summed E-state index contributed by atoms with van der Waals surface area (Å²) in [5.74, 6) is 0.294. The molecule has 1 atom stereocenters. The molecule has 3 aromatic carbocycles. The van der Waals surface area contributed by atoms with Crippen molar-refractivity contribution in [3.8, 4) is 0 Å². The first-order chi connectivity index (χ1) is 16.7. The summed E-state index contributed by atoms with van der Waals surface area (Å²) in [7, 11) is -4.06. The molecule has 9 heteroatoms. The number of hydrogen-bond acceptors (Lipinski definition) is 4. The summed E-state index contributed by atoms with van der Waals surface area (Å²) in [6, 6.07) is 24.7. The van der Waals surface area contributed by atoms with Crippen molar-refractivity contribution in [2.75, 3.05) is 12.3 Å². The van der Waals surface area contributed by atoms with Gasteiger partial charge < -0.3 is 5.11 Å². The third-order valence-corrected chi connectivity index (χ3v) is 8.47. The molecule has 0 bridgehead atoms. The van der Waals surface area contributed by atoms with Gasteiger partial charge in [0.25, 0.3) is 0 Å². The highest BCUT2D eigenvalue weighted by Gasteiger charge is 2.52. The maximum Gasteiger partial charge on any atom is 0.312 e. The van der Waals surface area contributed by atoms with E-state index in [9.17, 15) is 13.5 Å². The molecule has 0 spiro atoms. The molecule has 3 aromatic rings. The van der Waals surface area contributed by atoms with Crippen molar-refractivity contribution in [3.63, 3.8) is 0 Å². The molecular weight excluding hydrogens is 502 g/mol. The van der Waals surface area contributed by atoms with Gasteiger partial charge in [0.1, 0.15) is 24.5 Å². The highest BCUT2D eigenvalue weighted by Crippen LogP contribution is 2.40. The summed E-state index contributed by atoms with van der Waals surface area (Å²) in [5.41, 5.74) is 1.18. The van der Waals surface area contributed by atoms with E-state index in [1.165, 1.54) is 23.9 Å². The molecule has 1 fully saturated rings. The molecule has 1 aliphatic heterocycles. The predicted octanol–water partition coefficient (Wildman–Crippen LogP) is 4.14. The maximum atomic E-state index is 12.1. The zero-order chi connectivity index (χ0) is 25.1. The van der Waals surface area contributed by atoms with Crippen LogP contribution in [0.2, 0.25) is 5.02 Å². The van der Waals surface area contributed by atoms with E-state index in [0.717, 1.165) is 16.3 Å². The smallest absolute Gasteiger partial charge is 0.312 e. The van der Waals surface area contributed by atoms with Gasteiger partial charge in [0.2, 0.25) is 15.7 Å². The van der Waals surface area contributed by atoms with E-state index in [1.54, 1.807) is 12.1 Å². The number of amidine groups is 1. The van der Waals surface area contributed by atoms with E-state index >= 15 is 0 Å². The van der Waals surface area contributed by atoms with Crippen LogP contribution < -0.4 is 5.14 Å². The topological polar surface area (TPSA) is 86.6 Å². The first kappa shape index (κ1) is 25.5. The van der Waals surface area contributed by atoms with Gasteiger partial charge in [0.05, 0.1) is 10.8 Å². The van der Waals surface area contributed by atoms with Crippen LogP contribution >= 0.6 is 23.4 Å². The maximum absolute atomic E-state index is 12.1. The van der Waals surface area contributed by atoms with Crippen LogP contribution in [0.5, 0.6) is 0 Å². The Morgan fingerprint density at radius 1 is 1.06 bits per heavy atom. The Labute approximate surface area is 215 Å². The SMILES string of the molecule is C=CCN1C(=[N+](Cc2ccccc2)Cc2ccccc2)SCC1(O)c1ccc(Cl)c(S(N)(=O)=O)c1. The van der Waals surface area contributed by atoms with E-state index in [-0.39, 0.29) is 9.92 Å². The third-order valence-electron chi connectivity index (χ3n) is 5.79. The second-order valence-corrected chi connectivity index (χ2v) is 11.2. The molecule has 0 amide bonds. The van der Waals surface area contributed by atoms with Gasteiger partial charge in [0, 0.05) is 5.56 Å². The lowest BCUT2D eigenvalue weighted by Crippen LogP contribution is -2.47. The number of thioether (sulfide) groups is 1. The van der Waals surface area contributed by atoms with E-state index in [4.69, 9.17) is 16.7 Å². The minimum Gasteiger partial charge on any atom is -0.349 e. The van der Waals surface area contributed by atoms with Gasteiger partial charge in [-0.1, -0.05) is 91.0 Å². The van der Waals surface area contributed by atoms with E-state index in [0.29, 0.717) is 31.0 Å². The number of hydrogen-bond donors (Lipinski definition) is 2. The molecule has 1 saturated heterocycles. The van der Waals surface area contributed by atoms with Crippen molar-refractivity contribution in [3.05, 3.63) is 113 Å². The lowest BCUT2D eigenvalue weighted by molar-refractivity contribution is -0.562. The number of benzene rings is 3. The molecule has 4 rings (SSSR count). The average Bonchev–Trinajstić information content (AvgIpc) is 3.17. The zero-order valence-corrected chi connectivity index (χ0v) is 21.4. The van der Waals surface area contributed by atoms with Crippen molar-refractivity contribution in [1.29, 1.82) is 0 Å². The molecule has 6 nitrogen and oxygen atoms in total. The standard InChI is InChI=1S/C26H27ClN3O3S2/c1-2-15-30-25(29(17-20-9-5-3-6-10-20)18-21-11-7-4-8-12-21)34-19-26(30,31)22-13-14-23(27)24(16-22)35(28,32)33/h2-14,16,31H,1,15,17-19H2,(H2,28,32,33)/q+1. The third kappa shape index (κ3) is 5.63. The van der Waals surface area contributed by atoms with Crippen molar-refractivity contribution >= 4 is 38.6 Å². The van der Waals surface area contributed by atoms with E-state index in [2.05, 4.69) is 35.4 Å². The highest BCUT2D eigenvalue weighted by atomic mass is 35.5. The van der Waals surface area contributed by atoms with Crippen LogP contribution in [0.15, 0.2) is 96.4 Å². The quantitative estimate of drug-likeness (QED) is 0.339. The average molecular weight is 529 g/mol. The van der Waals surface area contributed by atoms with Gasteiger partial charge in [-0.2, -0.15) is 0 Å². The molecule has 0 saturated carbocycles. The van der Waals surface area contributed by atoms with Gasteiger partial charge >= 0.3 is 5.17 Å². The molecule has 1 unspecified atom stereocenters. The summed E-state index contributed by atoms with van der Waals surface area (Å²) >= 11 is 7.61. The lowest BCUT2D eigenvalue weighted by Gasteiger charge is -2.29. The minimum absolute atomic E-state index is 0.0137. The highest BCUT2D eigenvalue weighted by molar-refractivity contribution is 8.13. The van der Waals surface area contributed by atoms with Gasteiger partial charge in [-0.25, -0.2) is 23.0 Å². The van der Waals surface area contributed by atoms with Gasteiger partial charge in [-0.3, -0.25) is 0 Å². The van der Waals surface area contributed by atoms with Gasteiger partial charge in [-0.05, 0) is 35.0 Å². The Hall–Kier alpha value is -2.62. The largest absolute Gasteiger partial charge is 0.349 e. The number of nitrogens with two attached hydrogens (primary N) is 1. The molecule has 1 aliphatic rings. The van der Waals surface area contributed by atoms with Crippen molar-refractivity contribution < 1.29 is 18.1 Å². The van der Waals surface area contributed by atoms with E-state index < -0.39 is 15.7 Å². The first-order valence-corrected chi connectivity index (χ1v) is 13.9.